The number of rotatable bonds is 7. The fraction of sp³-hybridized carbons (Fsp3) is 0.476. The van der Waals surface area contributed by atoms with Crippen LogP contribution in [0, 0.1) is 6.92 Å². The van der Waals surface area contributed by atoms with E-state index >= 15 is 0 Å². The first kappa shape index (κ1) is 20.1. The number of nitrogen functional groups attached to an aromatic ring is 1. The molecule has 0 aliphatic carbocycles. The Labute approximate surface area is 165 Å². The molecule has 1 unspecified atom stereocenters. The molecule has 1 saturated heterocycles. The Morgan fingerprint density at radius 2 is 1.96 bits per heavy atom. The number of nitrogens with two attached hydrogens (primary N) is 1. The zero-order valence-corrected chi connectivity index (χ0v) is 16.8. The molecule has 0 radical (unpaired) electrons. The van der Waals surface area contributed by atoms with Crippen molar-refractivity contribution < 1.29 is 14.3 Å². The minimum Gasteiger partial charge on any atom is -0.491 e. The third kappa shape index (κ3) is 4.42. The van der Waals surface area contributed by atoms with Gasteiger partial charge in [-0.05, 0) is 57.9 Å². The number of anilines is 1. The van der Waals surface area contributed by atoms with Gasteiger partial charge in [0.25, 0.3) is 5.91 Å². The number of aryl methyl sites for hydroxylation is 1. The lowest BCUT2D eigenvalue weighted by molar-refractivity contribution is 0.0679. The summed E-state index contributed by atoms with van der Waals surface area (Å²) in [6, 6.07) is 7.54. The zero-order valence-electron chi connectivity index (χ0n) is 16.8. The molecule has 1 amide bonds. The average Bonchev–Trinajstić information content (AvgIpc) is 3.20. The van der Waals surface area contributed by atoms with Crippen molar-refractivity contribution in [1.29, 1.82) is 0 Å². The van der Waals surface area contributed by atoms with E-state index in [4.69, 9.17) is 15.2 Å². The summed E-state index contributed by atoms with van der Waals surface area (Å²) < 4.78 is 11.4. The number of nitrogens with zero attached hydrogens (tertiary/aromatic N) is 3. The fourth-order valence-electron chi connectivity index (χ4n) is 3.40. The van der Waals surface area contributed by atoms with Crippen molar-refractivity contribution in [3.63, 3.8) is 0 Å². The van der Waals surface area contributed by atoms with Gasteiger partial charge in [-0.3, -0.25) is 4.79 Å². The molecule has 7 nitrogen and oxygen atoms in total. The van der Waals surface area contributed by atoms with E-state index in [0.717, 1.165) is 30.8 Å². The summed E-state index contributed by atoms with van der Waals surface area (Å²) in [7, 11) is 0. The number of hydrogen-bond acceptors (Lipinski definition) is 6. The smallest absolute Gasteiger partial charge is 0.257 e. The van der Waals surface area contributed by atoms with E-state index in [0.29, 0.717) is 36.6 Å². The van der Waals surface area contributed by atoms with E-state index in [1.165, 1.54) is 0 Å². The molecule has 1 atom stereocenters. The van der Waals surface area contributed by atoms with Gasteiger partial charge in [-0.25, -0.2) is 9.97 Å². The second-order valence-corrected chi connectivity index (χ2v) is 6.84. The van der Waals surface area contributed by atoms with Gasteiger partial charge < -0.3 is 20.1 Å². The van der Waals surface area contributed by atoms with E-state index in [1.54, 1.807) is 11.8 Å². The maximum Gasteiger partial charge on any atom is 0.257 e. The Morgan fingerprint density at radius 1 is 1.25 bits per heavy atom. The van der Waals surface area contributed by atoms with Crippen LogP contribution in [0.1, 0.15) is 42.7 Å². The third-order valence-corrected chi connectivity index (χ3v) is 4.96. The van der Waals surface area contributed by atoms with Crippen molar-refractivity contribution in [3.8, 4) is 17.0 Å². The monoisotopic (exact) mass is 384 g/mol. The molecule has 1 aromatic carbocycles. The summed E-state index contributed by atoms with van der Waals surface area (Å²) in [6.45, 7) is 8.29. The third-order valence-electron chi connectivity index (χ3n) is 4.96. The number of carbonyl (C=O) groups excluding carboxylic acids is 1. The number of carbonyl (C=O) groups is 1. The second-order valence-electron chi connectivity index (χ2n) is 6.84. The van der Waals surface area contributed by atoms with Gasteiger partial charge in [-0.2, -0.15) is 0 Å². The summed E-state index contributed by atoms with van der Waals surface area (Å²) in [6.07, 6.45) is 2.29. The molecule has 7 heteroatoms. The number of hydrogen-bond donors (Lipinski definition) is 1. The summed E-state index contributed by atoms with van der Waals surface area (Å²) in [5.41, 5.74) is 8.29. The molecule has 0 spiro atoms. The Kier molecular flexibility index (Phi) is 6.46. The molecule has 1 fully saturated rings. The van der Waals surface area contributed by atoms with Gasteiger partial charge in [-0.1, -0.05) is 0 Å². The van der Waals surface area contributed by atoms with E-state index in [2.05, 4.69) is 9.97 Å². The number of ether oxygens (including phenoxy) is 2. The summed E-state index contributed by atoms with van der Waals surface area (Å²) in [5.74, 6) is 0.827. The van der Waals surface area contributed by atoms with Crippen LogP contribution in [0.5, 0.6) is 5.75 Å². The molecule has 0 saturated carbocycles. The van der Waals surface area contributed by atoms with Crippen LogP contribution in [-0.2, 0) is 4.74 Å². The molecule has 1 aliphatic rings. The molecule has 1 aromatic heterocycles. The molecular formula is C21H28N4O3. The van der Waals surface area contributed by atoms with Crippen LogP contribution in [0.15, 0.2) is 24.3 Å². The minimum atomic E-state index is -0.0868. The Hall–Kier alpha value is -2.67. The first-order chi connectivity index (χ1) is 13.5. The van der Waals surface area contributed by atoms with Crippen molar-refractivity contribution in [2.45, 2.75) is 39.7 Å². The van der Waals surface area contributed by atoms with Crippen molar-refractivity contribution >= 4 is 11.9 Å². The predicted octanol–water partition coefficient (Wildman–Crippen LogP) is 3.07. The molecule has 2 heterocycles. The molecule has 28 heavy (non-hydrogen) atoms. The summed E-state index contributed by atoms with van der Waals surface area (Å²) in [5, 5.41) is 0. The Morgan fingerprint density at radius 3 is 2.57 bits per heavy atom. The molecule has 2 N–H and O–H groups in total. The number of aromatic nitrogens is 2. The van der Waals surface area contributed by atoms with Gasteiger partial charge in [-0.15, -0.1) is 0 Å². The quantitative estimate of drug-likeness (QED) is 0.789. The van der Waals surface area contributed by atoms with Crippen molar-refractivity contribution in [2.24, 2.45) is 0 Å². The first-order valence-electron chi connectivity index (χ1n) is 9.81. The molecular weight excluding hydrogens is 356 g/mol. The number of amides is 1. The number of benzene rings is 1. The maximum atomic E-state index is 13.0. The van der Waals surface area contributed by atoms with Gasteiger partial charge in [0, 0.05) is 25.3 Å². The van der Waals surface area contributed by atoms with Crippen molar-refractivity contribution in [1.82, 2.24) is 14.9 Å². The van der Waals surface area contributed by atoms with Crippen LogP contribution in [0.2, 0.25) is 0 Å². The second kappa shape index (κ2) is 9.01. The highest BCUT2D eigenvalue weighted by molar-refractivity contribution is 6.01. The summed E-state index contributed by atoms with van der Waals surface area (Å²) in [4.78, 5) is 23.3. The SMILES string of the molecule is CCN(CC)C(=O)c1c(C)nc(N)nc1-c1ccc(OCC2CCCO2)cc1. The van der Waals surface area contributed by atoms with Crippen LogP contribution < -0.4 is 10.5 Å². The predicted molar refractivity (Wildman–Crippen MR) is 108 cm³/mol. The summed E-state index contributed by atoms with van der Waals surface area (Å²) >= 11 is 0. The van der Waals surface area contributed by atoms with E-state index < -0.39 is 0 Å². The topological polar surface area (TPSA) is 90.6 Å². The van der Waals surface area contributed by atoms with Crippen LogP contribution in [0.3, 0.4) is 0 Å². The highest BCUT2D eigenvalue weighted by Crippen LogP contribution is 2.28. The Bertz CT molecular complexity index is 813. The molecule has 2 aromatic rings. The maximum absolute atomic E-state index is 13.0. The normalized spacial score (nSPS) is 16.2. The molecule has 3 rings (SSSR count). The van der Waals surface area contributed by atoms with E-state index in [1.807, 2.05) is 38.1 Å². The highest BCUT2D eigenvalue weighted by Gasteiger charge is 2.23. The fourth-order valence-corrected chi connectivity index (χ4v) is 3.40. The van der Waals surface area contributed by atoms with Crippen LogP contribution in [0.25, 0.3) is 11.3 Å². The van der Waals surface area contributed by atoms with Gasteiger partial charge in [0.15, 0.2) is 0 Å². The van der Waals surface area contributed by atoms with Gasteiger partial charge in [0.05, 0.1) is 23.1 Å². The lowest BCUT2D eigenvalue weighted by Gasteiger charge is -2.21. The molecule has 1 aliphatic heterocycles. The zero-order chi connectivity index (χ0) is 20.1. The van der Waals surface area contributed by atoms with Crippen molar-refractivity contribution in [3.05, 3.63) is 35.5 Å². The van der Waals surface area contributed by atoms with Crippen molar-refractivity contribution in [2.75, 3.05) is 32.0 Å². The van der Waals surface area contributed by atoms with Gasteiger partial charge >= 0.3 is 0 Å². The average molecular weight is 384 g/mol. The lowest BCUT2D eigenvalue weighted by Crippen LogP contribution is -2.32. The standard InChI is InChI=1S/C21H28N4O3/c1-4-25(5-2)20(26)18-14(3)23-21(22)24-19(18)15-8-10-16(11-9-15)28-13-17-7-6-12-27-17/h8-11,17H,4-7,12-13H2,1-3H3,(H2,22,23,24). The van der Waals surface area contributed by atoms with Crippen LogP contribution >= 0.6 is 0 Å². The Balaban J connectivity index is 1.86. The van der Waals surface area contributed by atoms with Gasteiger partial charge in [0.2, 0.25) is 5.95 Å². The molecule has 150 valence electrons. The highest BCUT2D eigenvalue weighted by atomic mass is 16.5. The van der Waals surface area contributed by atoms with Gasteiger partial charge in [0.1, 0.15) is 12.4 Å². The van der Waals surface area contributed by atoms with Crippen LogP contribution in [0.4, 0.5) is 5.95 Å². The van der Waals surface area contributed by atoms with Crippen LogP contribution in [-0.4, -0.2) is 53.2 Å². The van der Waals surface area contributed by atoms with E-state index in [-0.39, 0.29) is 18.0 Å². The first-order valence-corrected chi connectivity index (χ1v) is 9.81. The largest absolute Gasteiger partial charge is 0.491 e. The molecule has 0 bridgehead atoms. The lowest BCUT2D eigenvalue weighted by atomic mass is 10.0. The minimum absolute atomic E-state index is 0.0868. The van der Waals surface area contributed by atoms with E-state index in [9.17, 15) is 4.79 Å².